The Hall–Kier alpha value is -0.610. The minimum absolute atomic E-state index is 0.0403. The molecule has 0 aromatic carbocycles. The summed E-state index contributed by atoms with van der Waals surface area (Å²) in [5, 5.41) is 18.9. The Balaban J connectivity index is 1.88. The van der Waals surface area contributed by atoms with Gasteiger partial charge in [-0.3, -0.25) is 4.79 Å². The molecule has 1 aliphatic heterocycles. The molecule has 1 aliphatic rings. The maximum absolute atomic E-state index is 12.2. The number of rotatable bonds is 15. The minimum Gasteiger partial charge on any atom is -0.394 e. The molecule has 2 atom stereocenters. The van der Waals surface area contributed by atoms with Gasteiger partial charge in [-0.15, -0.1) is 0 Å². The highest BCUT2D eigenvalue weighted by molar-refractivity contribution is 5.76. The van der Waals surface area contributed by atoms with Crippen molar-refractivity contribution >= 4 is 5.91 Å². The molecule has 25 heavy (non-hydrogen) atoms. The van der Waals surface area contributed by atoms with Crippen LogP contribution in [0.4, 0.5) is 0 Å². The van der Waals surface area contributed by atoms with Gasteiger partial charge in [0.1, 0.15) is 0 Å². The SMILES string of the molecule is CCCCCCCCCCCCCCCC(=O)N1CC(O)C[C@H]1CO. The maximum atomic E-state index is 12.2. The van der Waals surface area contributed by atoms with Crippen LogP contribution in [0.1, 0.15) is 103 Å². The third-order valence-electron chi connectivity index (χ3n) is 5.42. The zero-order valence-corrected chi connectivity index (χ0v) is 16.4. The van der Waals surface area contributed by atoms with Crippen LogP contribution in [0.5, 0.6) is 0 Å². The quantitative estimate of drug-likeness (QED) is 0.427. The number of unbranched alkanes of at least 4 members (excludes halogenated alkanes) is 12. The molecule has 4 heteroatoms. The van der Waals surface area contributed by atoms with Gasteiger partial charge < -0.3 is 15.1 Å². The lowest BCUT2D eigenvalue weighted by Gasteiger charge is -2.22. The van der Waals surface area contributed by atoms with E-state index >= 15 is 0 Å². The topological polar surface area (TPSA) is 60.8 Å². The van der Waals surface area contributed by atoms with Crippen molar-refractivity contribution in [2.45, 2.75) is 115 Å². The molecule has 1 rings (SSSR count). The number of carbonyl (C=O) groups is 1. The van der Waals surface area contributed by atoms with E-state index in [-0.39, 0.29) is 18.6 Å². The summed E-state index contributed by atoms with van der Waals surface area (Å²) in [6, 6.07) is -0.176. The van der Waals surface area contributed by atoms with E-state index in [0.717, 1.165) is 12.8 Å². The summed E-state index contributed by atoms with van der Waals surface area (Å²) < 4.78 is 0. The van der Waals surface area contributed by atoms with Gasteiger partial charge in [0.25, 0.3) is 0 Å². The summed E-state index contributed by atoms with van der Waals surface area (Å²) >= 11 is 0. The van der Waals surface area contributed by atoms with E-state index in [1.165, 1.54) is 70.6 Å². The second-order valence-electron chi connectivity index (χ2n) is 7.76. The second-order valence-corrected chi connectivity index (χ2v) is 7.76. The van der Waals surface area contributed by atoms with E-state index in [9.17, 15) is 15.0 Å². The number of carbonyl (C=O) groups excluding carboxylic acids is 1. The molecule has 1 saturated heterocycles. The Morgan fingerprint density at radius 2 is 1.36 bits per heavy atom. The normalized spacial score (nSPS) is 20.4. The molecular formula is C21H41NO3. The molecule has 148 valence electrons. The van der Waals surface area contributed by atoms with Gasteiger partial charge in [-0.2, -0.15) is 0 Å². The Morgan fingerprint density at radius 3 is 1.84 bits per heavy atom. The summed E-state index contributed by atoms with van der Waals surface area (Å²) in [6.07, 6.45) is 17.6. The molecule has 2 N–H and O–H groups in total. The molecule has 4 nitrogen and oxygen atoms in total. The fourth-order valence-electron chi connectivity index (χ4n) is 3.81. The van der Waals surface area contributed by atoms with Crippen molar-refractivity contribution in [2.75, 3.05) is 13.2 Å². The van der Waals surface area contributed by atoms with E-state index in [1.807, 2.05) is 0 Å². The van der Waals surface area contributed by atoms with Crippen molar-refractivity contribution < 1.29 is 15.0 Å². The lowest BCUT2D eigenvalue weighted by Crippen LogP contribution is -2.37. The third kappa shape index (κ3) is 10.2. The summed E-state index contributed by atoms with van der Waals surface area (Å²) in [6.45, 7) is 2.61. The Labute approximate surface area is 155 Å². The highest BCUT2D eigenvalue weighted by Gasteiger charge is 2.33. The highest BCUT2D eigenvalue weighted by Crippen LogP contribution is 2.19. The molecule has 1 amide bonds. The predicted octanol–water partition coefficient (Wildman–Crippen LogP) is 4.42. The van der Waals surface area contributed by atoms with Crippen LogP contribution in [-0.4, -0.2) is 46.3 Å². The first kappa shape index (κ1) is 22.4. The molecule has 0 bridgehead atoms. The van der Waals surface area contributed by atoms with Crippen molar-refractivity contribution in [3.63, 3.8) is 0 Å². The lowest BCUT2D eigenvalue weighted by molar-refractivity contribution is -0.133. The number of hydrogen-bond acceptors (Lipinski definition) is 3. The molecule has 0 spiro atoms. The van der Waals surface area contributed by atoms with Crippen molar-refractivity contribution in [2.24, 2.45) is 0 Å². The molecule has 0 aromatic heterocycles. The van der Waals surface area contributed by atoms with Crippen LogP contribution in [0.3, 0.4) is 0 Å². The molecule has 0 saturated carbocycles. The van der Waals surface area contributed by atoms with Crippen LogP contribution in [0.2, 0.25) is 0 Å². The minimum atomic E-state index is -0.465. The standard InChI is InChI=1S/C21H41NO3/c1-2-3-4-5-6-7-8-9-10-11-12-13-14-15-21(25)22-17-20(24)16-19(22)18-23/h19-20,23-24H,2-18H2,1H3/t19-,20?/m0/s1. The number of hydrogen-bond donors (Lipinski definition) is 2. The molecule has 1 heterocycles. The Morgan fingerprint density at radius 1 is 0.880 bits per heavy atom. The Bertz CT molecular complexity index is 335. The fraction of sp³-hybridized carbons (Fsp3) is 0.952. The summed E-state index contributed by atoms with van der Waals surface area (Å²) in [5.41, 5.74) is 0. The highest BCUT2D eigenvalue weighted by atomic mass is 16.3. The average molecular weight is 356 g/mol. The fourth-order valence-corrected chi connectivity index (χ4v) is 3.81. The first-order valence-electron chi connectivity index (χ1n) is 10.8. The maximum Gasteiger partial charge on any atom is 0.222 e. The van der Waals surface area contributed by atoms with Crippen molar-refractivity contribution in [3.8, 4) is 0 Å². The van der Waals surface area contributed by atoms with Crippen LogP contribution in [0.25, 0.3) is 0 Å². The van der Waals surface area contributed by atoms with Gasteiger partial charge in [-0.25, -0.2) is 0 Å². The molecule has 0 aliphatic carbocycles. The average Bonchev–Trinajstić information content (AvgIpc) is 3.00. The number of β-amino-alcohol motifs (C(OH)–C–C–N with tert-alkyl or cyclic N) is 1. The lowest BCUT2D eigenvalue weighted by atomic mass is 10.0. The van der Waals surface area contributed by atoms with Crippen LogP contribution >= 0.6 is 0 Å². The smallest absolute Gasteiger partial charge is 0.222 e. The molecule has 0 aromatic rings. The van der Waals surface area contributed by atoms with Crippen LogP contribution in [0.15, 0.2) is 0 Å². The number of aliphatic hydroxyl groups is 2. The first-order chi connectivity index (χ1) is 12.2. The van der Waals surface area contributed by atoms with E-state index < -0.39 is 6.10 Å². The number of likely N-dealkylation sites (tertiary alicyclic amines) is 1. The van der Waals surface area contributed by atoms with Crippen molar-refractivity contribution in [3.05, 3.63) is 0 Å². The van der Waals surface area contributed by atoms with E-state index in [4.69, 9.17) is 0 Å². The second kappa shape index (κ2) is 14.5. The van der Waals surface area contributed by atoms with Gasteiger partial charge in [0.15, 0.2) is 0 Å². The van der Waals surface area contributed by atoms with E-state index in [1.54, 1.807) is 4.90 Å². The molecule has 0 radical (unpaired) electrons. The number of nitrogens with zero attached hydrogens (tertiary/aromatic N) is 1. The summed E-state index contributed by atoms with van der Waals surface area (Å²) in [5.74, 6) is 0.0960. The summed E-state index contributed by atoms with van der Waals surface area (Å²) in [7, 11) is 0. The van der Waals surface area contributed by atoms with Gasteiger partial charge in [0.05, 0.1) is 18.8 Å². The monoisotopic (exact) mass is 355 g/mol. The third-order valence-corrected chi connectivity index (χ3v) is 5.42. The van der Waals surface area contributed by atoms with Gasteiger partial charge in [0.2, 0.25) is 5.91 Å². The molecule has 1 fully saturated rings. The predicted molar refractivity (Wildman–Crippen MR) is 104 cm³/mol. The van der Waals surface area contributed by atoms with Crippen molar-refractivity contribution in [1.29, 1.82) is 0 Å². The van der Waals surface area contributed by atoms with Crippen LogP contribution in [0, 0.1) is 0 Å². The van der Waals surface area contributed by atoms with Gasteiger partial charge in [-0.1, -0.05) is 84.0 Å². The van der Waals surface area contributed by atoms with E-state index in [0.29, 0.717) is 19.4 Å². The van der Waals surface area contributed by atoms with Crippen LogP contribution in [-0.2, 0) is 4.79 Å². The molecule has 1 unspecified atom stereocenters. The zero-order valence-electron chi connectivity index (χ0n) is 16.4. The number of aliphatic hydroxyl groups excluding tert-OH is 2. The van der Waals surface area contributed by atoms with Gasteiger partial charge in [-0.05, 0) is 12.8 Å². The van der Waals surface area contributed by atoms with Crippen molar-refractivity contribution in [1.82, 2.24) is 4.90 Å². The largest absolute Gasteiger partial charge is 0.394 e. The Kier molecular flexibility index (Phi) is 13.1. The van der Waals surface area contributed by atoms with E-state index in [2.05, 4.69) is 6.92 Å². The van der Waals surface area contributed by atoms with Gasteiger partial charge in [0, 0.05) is 13.0 Å². The number of amides is 1. The van der Waals surface area contributed by atoms with Gasteiger partial charge >= 0.3 is 0 Å². The summed E-state index contributed by atoms with van der Waals surface area (Å²) in [4.78, 5) is 13.8. The zero-order chi connectivity index (χ0) is 18.3. The molecular weight excluding hydrogens is 314 g/mol. The first-order valence-corrected chi connectivity index (χ1v) is 10.8. The van der Waals surface area contributed by atoms with Crippen LogP contribution < -0.4 is 0 Å².